The lowest BCUT2D eigenvalue weighted by Crippen LogP contribution is -2.25. The molecule has 6 heteroatoms. The van der Waals surface area contributed by atoms with Crippen LogP contribution in [0.3, 0.4) is 0 Å². The smallest absolute Gasteiger partial charge is 0.321 e. The Morgan fingerprint density at radius 1 is 1.35 bits per heavy atom. The number of nitrogens with zero attached hydrogens (tertiary/aromatic N) is 1. The normalized spacial score (nSPS) is 15.4. The molecule has 0 radical (unpaired) electrons. The molecule has 0 amide bonds. The van der Waals surface area contributed by atoms with Crippen LogP contribution in [-0.2, 0) is 14.3 Å². The van der Waals surface area contributed by atoms with Crippen LogP contribution in [0.4, 0.5) is 5.69 Å². The van der Waals surface area contributed by atoms with Crippen molar-refractivity contribution in [3.8, 4) is 0 Å². The summed E-state index contributed by atoms with van der Waals surface area (Å²) in [6.45, 7) is 1.87. The van der Waals surface area contributed by atoms with E-state index in [0.717, 1.165) is 12.8 Å². The number of ether oxygens (including phenoxy) is 1. The number of nitro groups is 1. The first-order valence-electron chi connectivity index (χ1n) is 6.49. The summed E-state index contributed by atoms with van der Waals surface area (Å²) in [6.07, 6.45) is 1.59. The topological polar surface area (TPSA) is 86.5 Å². The Labute approximate surface area is 115 Å². The van der Waals surface area contributed by atoms with Crippen molar-refractivity contribution in [1.29, 1.82) is 0 Å². The highest BCUT2D eigenvalue weighted by Gasteiger charge is 2.40. The number of ketones is 1. The van der Waals surface area contributed by atoms with Crippen molar-refractivity contribution >= 4 is 17.4 Å². The third-order valence-electron chi connectivity index (χ3n) is 3.22. The van der Waals surface area contributed by atoms with Gasteiger partial charge < -0.3 is 4.74 Å². The zero-order valence-corrected chi connectivity index (χ0v) is 11.1. The zero-order valence-electron chi connectivity index (χ0n) is 11.1. The highest BCUT2D eigenvalue weighted by Crippen LogP contribution is 2.36. The molecule has 1 aliphatic carbocycles. The van der Waals surface area contributed by atoms with E-state index in [9.17, 15) is 19.7 Å². The van der Waals surface area contributed by atoms with Gasteiger partial charge in [-0.05, 0) is 25.3 Å². The molecule has 0 aromatic heterocycles. The number of hydrogen-bond acceptors (Lipinski definition) is 5. The molecule has 1 aliphatic rings. The Bertz CT molecular complexity index is 533. The van der Waals surface area contributed by atoms with Crippen molar-refractivity contribution in [3.63, 3.8) is 0 Å². The molecular formula is C14H15NO5. The third-order valence-corrected chi connectivity index (χ3v) is 3.22. The van der Waals surface area contributed by atoms with E-state index in [1.807, 2.05) is 0 Å². The predicted molar refractivity (Wildman–Crippen MR) is 70.2 cm³/mol. The molecule has 0 bridgehead atoms. The Kier molecular flexibility index (Phi) is 4.12. The quantitative estimate of drug-likeness (QED) is 0.344. The van der Waals surface area contributed by atoms with Crippen molar-refractivity contribution in [2.45, 2.75) is 25.7 Å². The number of carbonyl (C=O) groups is 2. The van der Waals surface area contributed by atoms with Gasteiger partial charge in [-0.15, -0.1) is 0 Å². The predicted octanol–water partition coefficient (Wildman–Crippen LogP) is 2.22. The van der Waals surface area contributed by atoms with E-state index in [1.165, 1.54) is 24.3 Å². The molecule has 1 unspecified atom stereocenters. The molecule has 1 saturated carbocycles. The number of nitro benzene ring substituents is 1. The second kappa shape index (κ2) is 5.81. The zero-order chi connectivity index (χ0) is 14.7. The number of rotatable bonds is 6. The van der Waals surface area contributed by atoms with Gasteiger partial charge in [-0.25, -0.2) is 0 Å². The lowest BCUT2D eigenvalue weighted by atomic mass is 9.92. The Morgan fingerprint density at radius 2 is 1.95 bits per heavy atom. The molecule has 1 atom stereocenters. The second-order valence-corrected chi connectivity index (χ2v) is 4.71. The molecule has 0 saturated heterocycles. The molecule has 1 fully saturated rings. The number of hydrogen-bond donors (Lipinski definition) is 0. The van der Waals surface area contributed by atoms with Gasteiger partial charge in [0, 0.05) is 18.1 Å². The summed E-state index contributed by atoms with van der Waals surface area (Å²) in [7, 11) is 0. The van der Waals surface area contributed by atoms with Crippen LogP contribution in [0.15, 0.2) is 24.3 Å². The molecule has 0 heterocycles. The standard InChI is InChI=1S/C14H15NO5/c1-2-20-14(17)12(13(16)10-3-4-10)9-5-7-11(8-6-9)15(18)19/h5-8,10,12H,2-4H2,1H3. The van der Waals surface area contributed by atoms with Crippen molar-refractivity contribution < 1.29 is 19.2 Å². The van der Waals surface area contributed by atoms with Crippen LogP contribution >= 0.6 is 0 Å². The van der Waals surface area contributed by atoms with Gasteiger partial charge in [0.05, 0.1) is 11.5 Å². The maximum atomic E-state index is 12.2. The van der Waals surface area contributed by atoms with E-state index in [4.69, 9.17) is 4.74 Å². The van der Waals surface area contributed by atoms with Gasteiger partial charge in [-0.3, -0.25) is 19.7 Å². The average Bonchev–Trinajstić information content (AvgIpc) is 3.24. The van der Waals surface area contributed by atoms with Gasteiger partial charge in [-0.2, -0.15) is 0 Å². The number of carbonyl (C=O) groups excluding carboxylic acids is 2. The first kappa shape index (κ1) is 14.2. The molecule has 0 N–H and O–H groups in total. The largest absolute Gasteiger partial charge is 0.465 e. The van der Waals surface area contributed by atoms with Gasteiger partial charge >= 0.3 is 5.97 Å². The minimum Gasteiger partial charge on any atom is -0.465 e. The van der Waals surface area contributed by atoms with Crippen LogP contribution in [0.5, 0.6) is 0 Å². The minimum atomic E-state index is -0.969. The molecule has 2 rings (SSSR count). The fourth-order valence-corrected chi connectivity index (χ4v) is 2.03. The number of non-ortho nitro benzene ring substituents is 1. The SMILES string of the molecule is CCOC(=O)C(C(=O)C1CC1)c1ccc([N+](=O)[O-])cc1. The van der Waals surface area contributed by atoms with Crippen LogP contribution in [-0.4, -0.2) is 23.3 Å². The third kappa shape index (κ3) is 3.01. The highest BCUT2D eigenvalue weighted by molar-refractivity contribution is 6.06. The Morgan fingerprint density at radius 3 is 2.40 bits per heavy atom. The first-order chi connectivity index (χ1) is 9.54. The van der Waals surface area contributed by atoms with E-state index in [0.29, 0.717) is 5.56 Å². The molecule has 1 aromatic rings. The summed E-state index contributed by atoms with van der Waals surface area (Å²) >= 11 is 0. The molecule has 6 nitrogen and oxygen atoms in total. The van der Waals surface area contributed by atoms with Crippen LogP contribution in [0, 0.1) is 16.0 Å². The maximum Gasteiger partial charge on any atom is 0.321 e. The van der Waals surface area contributed by atoms with Crippen LogP contribution < -0.4 is 0 Å². The second-order valence-electron chi connectivity index (χ2n) is 4.71. The van der Waals surface area contributed by atoms with E-state index in [-0.39, 0.29) is 24.0 Å². The Balaban J connectivity index is 2.27. The fourth-order valence-electron chi connectivity index (χ4n) is 2.03. The molecular weight excluding hydrogens is 262 g/mol. The van der Waals surface area contributed by atoms with Gasteiger partial charge in [0.15, 0.2) is 5.78 Å². The summed E-state index contributed by atoms with van der Waals surface area (Å²) < 4.78 is 4.94. The monoisotopic (exact) mass is 277 g/mol. The van der Waals surface area contributed by atoms with E-state index in [1.54, 1.807) is 6.92 Å². The lowest BCUT2D eigenvalue weighted by molar-refractivity contribution is -0.384. The van der Waals surface area contributed by atoms with Gasteiger partial charge in [0.2, 0.25) is 0 Å². The van der Waals surface area contributed by atoms with E-state index in [2.05, 4.69) is 0 Å². The first-order valence-corrected chi connectivity index (χ1v) is 6.49. The van der Waals surface area contributed by atoms with Crippen molar-refractivity contribution in [1.82, 2.24) is 0 Å². The number of Topliss-reactive ketones (excluding diaryl/α,β-unsaturated/α-hetero) is 1. The molecule has 0 aliphatic heterocycles. The van der Waals surface area contributed by atoms with Gasteiger partial charge in [0.25, 0.3) is 5.69 Å². The highest BCUT2D eigenvalue weighted by atomic mass is 16.6. The van der Waals surface area contributed by atoms with Crippen molar-refractivity contribution in [3.05, 3.63) is 39.9 Å². The summed E-state index contributed by atoms with van der Waals surface area (Å²) in [6, 6.07) is 5.48. The van der Waals surface area contributed by atoms with Gasteiger partial charge in [-0.1, -0.05) is 12.1 Å². The van der Waals surface area contributed by atoms with Crippen molar-refractivity contribution in [2.75, 3.05) is 6.61 Å². The van der Waals surface area contributed by atoms with Crippen molar-refractivity contribution in [2.24, 2.45) is 5.92 Å². The fraction of sp³-hybridized carbons (Fsp3) is 0.429. The molecule has 106 valence electrons. The molecule has 20 heavy (non-hydrogen) atoms. The van der Waals surface area contributed by atoms with Gasteiger partial charge in [0.1, 0.15) is 5.92 Å². The molecule has 0 spiro atoms. The van der Waals surface area contributed by atoms with Crippen LogP contribution in [0.25, 0.3) is 0 Å². The molecule has 1 aromatic carbocycles. The van der Waals surface area contributed by atoms with E-state index < -0.39 is 16.8 Å². The average molecular weight is 277 g/mol. The van der Waals surface area contributed by atoms with Crippen LogP contribution in [0.2, 0.25) is 0 Å². The summed E-state index contributed by atoms with van der Waals surface area (Å²) in [5.74, 6) is -1.79. The van der Waals surface area contributed by atoms with E-state index >= 15 is 0 Å². The lowest BCUT2D eigenvalue weighted by Gasteiger charge is -2.14. The summed E-state index contributed by atoms with van der Waals surface area (Å²) in [5, 5.41) is 10.6. The summed E-state index contributed by atoms with van der Waals surface area (Å²) in [5.41, 5.74) is 0.376. The number of esters is 1. The summed E-state index contributed by atoms with van der Waals surface area (Å²) in [4.78, 5) is 34.3. The number of benzene rings is 1. The maximum absolute atomic E-state index is 12.2. The van der Waals surface area contributed by atoms with Crippen LogP contribution in [0.1, 0.15) is 31.2 Å². The minimum absolute atomic E-state index is 0.0739. The Hall–Kier alpha value is -2.24.